The lowest BCUT2D eigenvalue weighted by atomic mass is 9.72. The van der Waals surface area contributed by atoms with E-state index >= 15 is 0 Å². The number of rotatable bonds is 8. The maximum Gasteiger partial charge on any atom is 0.881 e. The third-order valence-electron chi connectivity index (χ3n) is 12.9. The molecule has 0 spiro atoms. The van der Waals surface area contributed by atoms with Gasteiger partial charge in [-0.15, -0.1) is 0 Å². The van der Waals surface area contributed by atoms with Crippen LogP contribution in [0.2, 0.25) is 0 Å². The standard InChI is InChI=1S/C54H60N2O2.Al.2FH2P/c1-37(55-35-39-31-45(51(3,4)41-23-15-11-16-24-41)33-47(49(39)57)53(7,8)43-27-19-13-20-28-43)38(2)56-36-40-32-46(52(5,6)42-25-17-12-18-26-42)34-48(50(40)58)54(9,10)44-29-21-14-22-30-44;;2*1-2/h11-38,57-58H,1-10H3;;2*2H2/q;+2;;/p-2. The summed E-state index contributed by atoms with van der Waals surface area (Å²) < 4.78 is 33.0. The van der Waals surface area contributed by atoms with Gasteiger partial charge in [-0.1, -0.05) is 189 Å². The Kier molecular flexibility index (Phi) is 16.9. The molecule has 6 aromatic rings. The van der Waals surface area contributed by atoms with E-state index in [1.807, 2.05) is 12.4 Å². The van der Waals surface area contributed by atoms with Crippen LogP contribution >= 0.6 is 19.1 Å². The van der Waals surface area contributed by atoms with Crippen molar-refractivity contribution < 1.29 is 16.0 Å². The second-order valence-corrected chi connectivity index (χ2v) is 18.9. The van der Waals surface area contributed by atoms with Crippen molar-refractivity contribution in [2.75, 3.05) is 0 Å². The number of halogens is 2. The van der Waals surface area contributed by atoms with Crippen LogP contribution in [0.1, 0.15) is 125 Å². The molecule has 327 valence electrons. The molecular weight excluding hydrogens is 836 g/mol. The molecule has 1 heterocycles. The van der Waals surface area contributed by atoms with Gasteiger partial charge in [-0.3, -0.25) is 9.98 Å². The largest absolute Gasteiger partial charge is 0.881 e. The fourth-order valence-electron chi connectivity index (χ4n) is 8.24. The molecule has 0 bridgehead atoms. The van der Waals surface area contributed by atoms with Gasteiger partial charge in [-0.05, 0) is 59.4 Å². The molecule has 4 atom stereocenters. The fourth-order valence-corrected chi connectivity index (χ4v) is 9.00. The van der Waals surface area contributed by atoms with Gasteiger partial charge in [0.25, 0.3) is 0 Å². The van der Waals surface area contributed by atoms with Gasteiger partial charge in [0.05, 0.1) is 42.7 Å². The van der Waals surface area contributed by atoms with Crippen LogP contribution in [0.4, 0.5) is 8.39 Å². The van der Waals surface area contributed by atoms with Crippen LogP contribution < -0.4 is 7.58 Å². The Balaban J connectivity index is 0.00000182. The topological polar surface area (TPSA) is 43.2 Å². The molecule has 0 aromatic heterocycles. The first-order valence-electron chi connectivity index (χ1n) is 21.4. The SMILES string of the molecule is CC1N=Cc2cc(C(C)(C)c3ccccc3)cc(C(C)(C)c3ccccc3)c2[O][Al][O]c2c(cc(C(C)(C)c3ccccc3)cc2C(C)(C)c2ccccc2)C=NC1C.FP.FP. The molecule has 4 nitrogen and oxygen atoms in total. The number of nitrogens with zero attached hydrogens (tertiary/aromatic N) is 2. The Morgan fingerprint density at radius 1 is 0.413 bits per heavy atom. The predicted molar refractivity (Wildman–Crippen MR) is 270 cm³/mol. The third-order valence-corrected chi connectivity index (χ3v) is 13.6. The highest BCUT2D eigenvalue weighted by Gasteiger charge is 2.35. The minimum Gasteiger partial charge on any atom is -0.615 e. The first-order valence-corrected chi connectivity index (χ1v) is 23.2. The summed E-state index contributed by atoms with van der Waals surface area (Å²) in [5.41, 5.74) is 9.97. The van der Waals surface area contributed by atoms with Gasteiger partial charge >= 0.3 is 15.9 Å². The lowest BCUT2D eigenvalue weighted by Crippen LogP contribution is -2.27. The molecule has 1 aliphatic rings. The maximum atomic E-state index is 9.42. The van der Waals surface area contributed by atoms with Gasteiger partial charge in [-0.2, -0.15) is 0 Å². The van der Waals surface area contributed by atoms with Crippen LogP contribution in [0, 0.1) is 0 Å². The number of benzene rings is 6. The van der Waals surface area contributed by atoms with Crippen LogP contribution in [0.5, 0.6) is 11.5 Å². The zero-order chi connectivity index (χ0) is 46.0. The quantitative estimate of drug-likeness (QED) is 0.113. The molecule has 1 aliphatic heterocycles. The lowest BCUT2D eigenvalue weighted by Gasteiger charge is -2.34. The van der Waals surface area contributed by atoms with Gasteiger partial charge in [-0.25, -0.2) is 8.39 Å². The third kappa shape index (κ3) is 10.9. The molecule has 0 fully saturated rings. The Labute approximate surface area is 387 Å². The molecule has 4 unspecified atom stereocenters. The number of hydrogen-bond acceptors (Lipinski definition) is 4. The minimum absolute atomic E-state index is 0.0999. The van der Waals surface area contributed by atoms with E-state index in [4.69, 9.17) is 17.6 Å². The number of hydrogen-bond donors (Lipinski definition) is 0. The molecule has 7 rings (SSSR count). The fraction of sp³-hybridized carbons (Fsp3) is 0.296. The summed E-state index contributed by atoms with van der Waals surface area (Å²) in [5.74, 6) is 1.61. The molecule has 0 aliphatic carbocycles. The molecule has 9 heteroatoms. The van der Waals surface area contributed by atoms with E-state index in [0.29, 0.717) is 0 Å². The maximum absolute atomic E-state index is 9.42. The molecule has 63 heavy (non-hydrogen) atoms. The summed E-state index contributed by atoms with van der Waals surface area (Å²) in [7, 11) is 1.83. The normalized spacial score (nSPS) is 15.4. The summed E-state index contributed by atoms with van der Waals surface area (Å²) in [6, 6.07) is 52.0. The predicted octanol–water partition coefficient (Wildman–Crippen LogP) is 14.1. The van der Waals surface area contributed by atoms with E-state index in [0.717, 1.165) is 52.9 Å². The summed E-state index contributed by atoms with van der Waals surface area (Å²) in [6.45, 7) is 22.7. The number of aliphatic imine (C=N–C) groups is 2. The molecule has 0 saturated carbocycles. The summed E-state index contributed by atoms with van der Waals surface area (Å²) in [6.07, 6.45) is 4.02. The summed E-state index contributed by atoms with van der Waals surface area (Å²) in [5, 5.41) is 0. The highest BCUT2D eigenvalue weighted by atomic mass is 31.1. The Morgan fingerprint density at radius 2 is 0.683 bits per heavy atom. The Morgan fingerprint density at radius 3 is 0.968 bits per heavy atom. The van der Waals surface area contributed by atoms with Gasteiger partial charge < -0.3 is 7.58 Å². The molecule has 0 saturated heterocycles. The van der Waals surface area contributed by atoms with Crippen LogP contribution in [-0.2, 0) is 21.7 Å². The van der Waals surface area contributed by atoms with Crippen LogP contribution in [-0.4, -0.2) is 40.4 Å². The van der Waals surface area contributed by atoms with Crippen molar-refractivity contribution in [1.29, 1.82) is 0 Å². The van der Waals surface area contributed by atoms with E-state index in [2.05, 4.69) is 215 Å². The lowest BCUT2D eigenvalue weighted by molar-refractivity contribution is 0.438. The summed E-state index contributed by atoms with van der Waals surface area (Å²) in [4.78, 5) is 10.4. The Hall–Kier alpha value is -4.49. The van der Waals surface area contributed by atoms with E-state index < -0.39 is 26.7 Å². The van der Waals surface area contributed by atoms with Crippen molar-refractivity contribution >= 4 is 47.4 Å². The van der Waals surface area contributed by atoms with Crippen LogP contribution in [0.25, 0.3) is 0 Å². The van der Waals surface area contributed by atoms with Crippen molar-refractivity contribution in [2.24, 2.45) is 9.98 Å². The highest BCUT2D eigenvalue weighted by Crippen LogP contribution is 2.45. The average molecular weight is 898 g/mol. The highest BCUT2D eigenvalue weighted by molar-refractivity contribution is 7.09. The van der Waals surface area contributed by atoms with Crippen LogP contribution in [0.3, 0.4) is 0 Å². The second-order valence-electron chi connectivity index (χ2n) is 18.2. The van der Waals surface area contributed by atoms with Crippen molar-refractivity contribution in [3.8, 4) is 11.5 Å². The van der Waals surface area contributed by atoms with Crippen molar-refractivity contribution in [3.63, 3.8) is 0 Å². The molecule has 1 radical (unpaired) electrons. The minimum atomic E-state index is -1.03. The van der Waals surface area contributed by atoms with Crippen molar-refractivity contribution in [3.05, 3.63) is 201 Å². The summed E-state index contributed by atoms with van der Waals surface area (Å²) >= 11 is -1.03. The van der Waals surface area contributed by atoms with Crippen molar-refractivity contribution in [2.45, 2.75) is 103 Å². The number of fused-ring (bicyclic) bond motifs is 2. The monoisotopic (exact) mass is 897 g/mol. The van der Waals surface area contributed by atoms with E-state index in [1.54, 1.807) is 0 Å². The van der Waals surface area contributed by atoms with Gasteiger partial charge in [0, 0.05) is 56.3 Å². The van der Waals surface area contributed by atoms with Gasteiger partial charge in [0.15, 0.2) is 0 Å². The second kappa shape index (κ2) is 21.5. The van der Waals surface area contributed by atoms with E-state index in [-0.39, 0.29) is 22.9 Å². The zero-order valence-electron chi connectivity index (χ0n) is 38.4. The van der Waals surface area contributed by atoms with E-state index in [1.165, 1.54) is 33.4 Å². The van der Waals surface area contributed by atoms with E-state index in [9.17, 15) is 8.39 Å². The first-order chi connectivity index (χ1) is 30.1. The molecule has 0 amide bonds. The van der Waals surface area contributed by atoms with Crippen LogP contribution in [0.15, 0.2) is 156 Å². The average Bonchev–Trinajstić information content (AvgIpc) is 3.33. The smallest absolute Gasteiger partial charge is 0.615 e. The molecule has 0 N–H and O–H groups in total. The molecular formula is C54H62AlF2N2O2P2. The van der Waals surface area contributed by atoms with Gasteiger partial charge in [0.1, 0.15) is 0 Å². The first kappa shape index (κ1) is 49.5. The van der Waals surface area contributed by atoms with Gasteiger partial charge in [0.2, 0.25) is 0 Å². The molecule has 6 aromatic carbocycles. The van der Waals surface area contributed by atoms with Crippen molar-refractivity contribution in [1.82, 2.24) is 0 Å². The Bertz CT molecular complexity index is 2290. The zero-order valence-corrected chi connectivity index (χ0v) is 41.8.